The van der Waals surface area contributed by atoms with Crippen LogP contribution in [0.15, 0.2) is 48.7 Å². The molecule has 0 bridgehead atoms. The highest BCUT2D eigenvalue weighted by Crippen LogP contribution is 2.43. The number of fused-ring (bicyclic) bond motifs is 1. The van der Waals surface area contributed by atoms with E-state index < -0.39 is 0 Å². The number of hydrogen-bond acceptors (Lipinski definition) is 4. The maximum atomic E-state index is 12.8. The summed E-state index contributed by atoms with van der Waals surface area (Å²) in [5, 5.41) is 9.92. The number of nitrogens with zero attached hydrogens (tertiary/aromatic N) is 3. The lowest BCUT2D eigenvalue weighted by molar-refractivity contribution is -0.159. The molecule has 3 heterocycles. The molecular weight excluding hydrogens is 378 g/mol. The van der Waals surface area contributed by atoms with Gasteiger partial charge in [-0.25, -0.2) is 0 Å². The number of piperazine rings is 1. The fourth-order valence-corrected chi connectivity index (χ4v) is 4.32. The molecule has 2 aromatic rings. The van der Waals surface area contributed by atoms with Crippen molar-refractivity contribution in [3.05, 3.63) is 65.5 Å². The van der Waals surface area contributed by atoms with E-state index in [1.54, 1.807) is 34.2 Å². The molecule has 4 rings (SSSR count). The molecule has 6 nitrogen and oxygen atoms in total. The molecule has 1 aromatic carbocycles. The zero-order chi connectivity index (χ0) is 21.3. The third-order valence-electron chi connectivity index (χ3n) is 5.72. The Labute approximate surface area is 176 Å². The Morgan fingerprint density at radius 2 is 2.00 bits per heavy atom. The van der Waals surface area contributed by atoms with E-state index in [1.165, 1.54) is 0 Å². The number of carbonyl (C=O) groups is 2. The van der Waals surface area contributed by atoms with E-state index in [0.717, 1.165) is 11.1 Å². The molecule has 1 aromatic heterocycles. The molecule has 154 valence electrons. The van der Waals surface area contributed by atoms with Gasteiger partial charge in [-0.15, -0.1) is 0 Å². The summed E-state index contributed by atoms with van der Waals surface area (Å²) < 4.78 is 0. The van der Waals surface area contributed by atoms with Crippen molar-refractivity contribution in [2.75, 3.05) is 19.7 Å². The molecule has 6 heteroatoms. The topological polar surface area (TPSA) is 73.7 Å². The minimum atomic E-state index is -0.262. The SMILES string of the molecule is CC(C)C#Cc1ccc([C@@H]2[C@H]3CN(C(=O)c4ccccn4)CC(=O)N3[C@H]2CO)cc1. The predicted octanol–water partition coefficient (Wildman–Crippen LogP) is 1.90. The van der Waals surface area contributed by atoms with Crippen LogP contribution in [-0.2, 0) is 4.79 Å². The van der Waals surface area contributed by atoms with Crippen molar-refractivity contribution in [1.29, 1.82) is 0 Å². The van der Waals surface area contributed by atoms with Crippen molar-refractivity contribution < 1.29 is 14.7 Å². The molecule has 0 radical (unpaired) electrons. The van der Waals surface area contributed by atoms with Crippen molar-refractivity contribution in [2.45, 2.75) is 31.8 Å². The summed E-state index contributed by atoms with van der Waals surface area (Å²) in [5.74, 6) is 6.21. The lowest BCUT2D eigenvalue weighted by Gasteiger charge is -2.58. The van der Waals surface area contributed by atoms with E-state index in [0.29, 0.717) is 18.2 Å². The molecule has 2 amide bonds. The van der Waals surface area contributed by atoms with Gasteiger partial charge >= 0.3 is 0 Å². The number of aliphatic hydroxyl groups is 1. The van der Waals surface area contributed by atoms with Crippen LogP contribution in [0.25, 0.3) is 0 Å². The molecule has 2 fully saturated rings. The van der Waals surface area contributed by atoms with Crippen LogP contribution in [0, 0.1) is 17.8 Å². The maximum absolute atomic E-state index is 12.8. The lowest BCUT2D eigenvalue weighted by Crippen LogP contribution is -2.73. The molecule has 3 atom stereocenters. The summed E-state index contributed by atoms with van der Waals surface area (Å²) in [4.78, 5) is 33.0. The van der Waals surface area contributed by atoms with E-state index in [-0.39, 0.29) is 43.0 Å². The largest absolute Gasteiger partial charge is 0.394 e. The number of aromatic nitrogens is 1. The number of rotatable bonds is 3. The minimum absolute atomic E-state index is 0.0128. The number of aliphatic hydroxyl groups excluding tert-OH is 1. The van der Waals surface area contributed by atoms with Gasteiger partial charge < -0.3 is 14.9 Å². The minimum Gasteiger partial charge on any atom is -0.394 e. The molecule has 0 spiro atoms. The molecule has 1 N–H and O–H groups in total. The van der Waals surface area contributed by atoms with Crippen LogP contribution in [0.4, 0.5) is 0 Å². The average molecular weight is 403 g/mol. The van der Waals surface area contributed by atoms with Crippen molar-refractivity contribution in [3.63, 3.8) is 0 Å². The first kappa shape index (κ1) is 20.1. The summed E-state index contributed by atoms with van der Waals surface area (Å²) in [5.41, 5.74) is 2.32. The molecule has 0 saturated carbocycles. The zero-order valence-corrected chi connectivity index (χ0v) is 17.2. The molecule has 2 saturated heterocycles. The smallest absolute Gasteiger partial charge is 0.272 e. The summed E-state index contributed by atoms with van der Waals surface area (Å²) in [6.45, 7) is 4.44. The maximum Gasteiger partial charge on any atom is 0.272 e. The number of carbonyl (C=O) groups excluding carboxylic acids is 2. The number of hydrogen-bond donors (Lipinski definition) is 1. The Morgan fingerprint density at radius 3 is 2.63 bits per heavy atom. The Hall–Kier alpha value is -3.17. The van der Waals surface area contributed by atoms with Crippen LogP contribution in [0.5, 0.6) is 0 Å². The predicted molar refractivity (Wildman–Crippen MR) is 113 cm³/mol. The van der Waals surface area contributed by atoms with Crippen LogP contribution in [0.1, 0.15) is 41.4 Å². The molecule has 2 aliphatic rings. The van der Waals surface area contributed by atoms with Crippen LogP contribution in [0.2, 0.25) is 0 Å². The quantitative estimate of drug-likeness (QED) is 0.795. The van der Waals surface area contributed by atoms with Gasteiger partial charge in [0.1, 0.15) is 12.2 Å². The highest BCUT2D eigenvalue weighted by Gasteiger charge is 2.54. The first-order chi connectivity index (χ1) is 14.5. The average Bonchev–Trinajstić information content (AvgIpc) is 2.74. The number of amides is 2. The van der Waals surface area contributed by atoms with E-state index in [9.17, 15) is 14.7 Å². The lowest BCUT2D eigenvalue weighted by atomic mass is 9.73. The fourth-order valence-electron chi connectivity index (χ4n) is 4.32. The second kappa shape index (κ2) is 8.29. The van der Waals surface area contributed by atoms with Crippen molar-refractivity contribution >= 4 is 11.8 Å². The Morgan fingerprint density at radius 1 is 1.23 bits per heavy atom. The van der Waals surface area contributed by atoms with E-state index in [2.05, 4.69) is 16.8 Å². The van der Waals surface area contributed by atoms with Crippen LogP contribution < -0.4 is 0 Å². The highest BCUT2D eigenvalue weighted by molar-refractivity contribution is 5.96. The second-order valence-corrected chi connectivity index (χ2v) is 8.09. The van der Waals surface area contributed by atoms with E-state index in [4.69, 9.17) is 0 Å². The van der Waals surface area contributed by atoms with Crippen molar-refractivity contribution in [3.8, 4) is 11.8 Å². The van der Waals surface area contributed by atoms with Crippen LogP contribution in [-0.4, -0.2) is 63.5 Å². The van der Waals surface area contributed by atoms with Gasteiger partial charge in [0.25, 0.3) is 5.91 Å². The number of benzene rings is 1. The first-order valence-corrected chi connectivity index (χ1v) is 10.2. The van der Waals surface area contributed by atoms with Gasteiger partial charge in [-0.3, -0.25) is 14.6 Å². The first-order valence-electron chi connectivity index (χ1n) is 10.2. The molecule has 0 aliphatic carbocycles. The molecule has 0 unspecified atom stereocenters. The van der Waals surface area contributed by atoms with Crippen molar-refractivity contribution in [2.24, 2.45) is 5.92 Å². The van der Waals surface area contributed by atoms with Gasteiger partial charge in [-0.2, -0.15) is 0 Å². The Balaban J connectivity index is 1.55. The summed E-state index contributed by atoms with van der Waals surface area (Å²) >= 11 is 0. The molecule has 2 aliphatic heterocycles. The van der Waals surface area contributed by atoms with E-state index >= 15 is 0 Å². The molecule has 30 heavy (non-hydrogen) atoms. The van der Waals surface area contributed by atoms with Gasteiger partial charge in [-0.05, 0) is 29.8 Å². The highest BCUT2D eigenvalue weighted by atomic mass is 16.3. The Bertz CT molecular complexity index is 992. The van der Waals surface area contributed by atoms with Crippen molar-refractivity contribution in [1.82, 2.24) is 14.8 Å². The zero-order valence-electron chi connectivity index (χ0n) is 17.2. The van der Waals surface area contributed by atoms with Gasteiger partial charge in [0, 0.05) is 30.1 Å². The fraction of sp³-hybridized carbons (Fsp3) is 0.375. The second-order valence-electron chi connectivity index (χ2n) is 8.09. The standard InChI is InChI=1S/C24H25N3O3/c1-16(2)6-7-17-8-10-18(11-9-17)23-20-13-26(14-22(29)27(20)21(23)15-28)24(30)19-5-3-4-12-25-19/h3-5,8-12,16,20-21,23,28H,13-15H2,1-2H3/t20-,21+,23-/m1/s1. The van der Waals surface area contributed by atoms with Gasteiger partial charge in [0.15, 0.2) is 0 Å². The third-order valence-corrected chi connectivity index (χ3v) is 5.72. The van der Waals surface area contributed by atoms with Gasteiger partial charge in [0.2, 0.25) is 5.91 Å². The van der Waals surface area contributed by atoms with Crippen LogP contribution in [0.3, 0.4) is 0 Å². The summed E-state index contributed by atoms with van der Waals surface area (Å²) in [7, 11) is 0. The molecular formula is C24H25N3O3. The van der Waals surface area contributed by atoms with Gasteiger partial charge in [-0.1, -0.05) is 43.9 Å². The summed E-state index contributed by atoms with van der Waals surface area (Å²) in [6.07, 6.45) is 1.57. The normalized spacial score (nSPS) is 22.8. The number of pyridine rings is 1. The third kappa shape index (κ3) is 3.69. The van der Waals surface area contributed by atoms with Crippen LogP contribution >= 0.6 is 0 Å². The monoisotopic (exact) mass is 403 g/mol. The summed E-state index contributed by atoms with van der Waals surface area (Å²) in [6, 6.07) is 12.7. The van der Waals surface area contributed by atoms with E-state index in [1.807, 2.05) is 38.1 Å². The Kier molecular flexibility index (Phi) is 5.56. The van der Waals surface area contributed by atoms with Gasteiger partial charge in [0.05, 0.1) is 18.7 Å².